The molecule has 2 aromatic rings. The molecule has 1 aliphatic rings. The van der Waals surface area contributed by atoms with Gasteiger partial charge in [0.1, 0.15) is 0 Å². The normalized spacial score (nSPS) is 15.3. The van der Waals surface area contributed by atoms with Gasteiger partial charge in [-0.25, -0.2) is 8.42 Å². The molecule has 228 valence electrons. The maximum absolute atomic E-state index is 13.5. The summed E-state index contributed by atoms with van der Waals surface area (Å²) in [5, 5.41) is 5.76. The third-order valence-corrected chi connectivity index (χ3v) is 8.34. The number of carbonyl (C=O) groups excluding carboxylic acids is 2. The summed E-state index contributed by atoms with van der Waals surface area (Å²) in [5.74, 6) is 0.250. The molecule has 2 aromatic carbocycles. The van der Waals surface area contributed by atoms with Crippen LogP contribution in [-0.4, -0.2) is 68.7 Å². The fraction of sp³-hybridized carbons (Fsp3) is 0.562. The van der Waals surface area contributed by atoms with Crippen LogP contribution in [0.25, 0.3) is 0 Å². The van der Waals surface area contributed by atoms with Crippen LogP contribution < -0.4 is 10.6 Å². The Morgan fingerprint density at radius 1 is 0.829 bits per heavy atom. The lowest BCUT2D eigenvalue weighted by Crippen LogP contribution is -2.45. The van der Waals surface area contributed by atoms with Gasteiger partial charge in [0.25, 0.3) is 0 Å². The van der Waals surface area contributed by atoms with Crippen LogP contribution in [-0.2, 0) is 19.6 Å². The van der Waals surface area contributed by atoms with Crippen molar-refractivity contribution in [1.82, 2.24) is 19.8 Å². The average molecular weight is 587 g/mol. The van der Waals surface area contributed by atoms with Gasteiger partial charge >= 0.3 is 0 Å². The van der Waals surface area contributed by atoms with E-state index in [2.05, 4.69) is 36.3 Å². The van der Waals surface area contributed by atoms with Gasteiger partial charge in [-0.1, -0.05) is 90.1 Å². The lowest BCUT2D eigenvalue weighted by Gasteiger charge is -2.32. The largest absolute Gasteiger partial charge is 0.347 e. The molecule has 1 heterocycles. The second-order valence-electron chi connectivity index (χ2n) is 12.0. The van der Waals surface area contributed by atoms with Crippen LogP contribution in [0, 0.1) is 17.8 Å². The monoisotopic (exact) mass is 586 g/mol. The van der Waals surface area contributed by atoms with Crippen molar-refractivity contribution in [2.24, 2.45) is 17.8 Å². The molecule has 2 atom stereocenters. The maximum Gasteiger partial charge on any atom is 0.243 e. The van der Waals surface area contributed by atoms with E-state index in [4.69, 9.17) is 0 Å². The first kappa shape index (κ1) is 34.5. The van der Waals surface area contributed by atoms with Crippen molar-refractivity contribution >= 4 is 21.8 Å². The predicted octanol–water partition coefficient (Wildman–Crippen LogP) is 4.70. The number of likely N-dealkylation sites (tertiary alicyclic amines) is 1. The number of amides is 2. The highest BCUT2D eigenvalue weighted by Gasteiger charge is 2.30. The fourth-order valence-electron chi connectivity index (χ4n) is 4.66. The zero-order valence-corrected chi connectivity index (χ0v) is 26.5. The maximum atomic E-state index is 13.5. The molecule has 0 radical (unpaired) electrons. The van der Waals surface area contributed by atoms with E-state index in [0.29, 0.717) is 13.1 Å². The summed E-state index contributed by atoms with van der Waals surface area (Å²) >= 11 is 0. The van der Waals surface area contributed by atoms with Crippen LogP contribution in [0.2, 0.25) is 0 Å². The second-order valence-corrected chi connectivity index (χ2v) is 13.9. The number of nitrogens with one attached hydrogen (secondary N) is 2. The van der Waals surface area contributed by atoms with Crippen LogP contribution in [0.4, 0.5) is 0 Å². The minimum absolute atomic E-state index is 0.124. The molecule has 0 aromatic heterocycles. The molecule has 1 fully saturated rings. The Labute approximate surface area is 247 Å². The van der Waals surface area contributed by atoms with Crippen molar-refractivity contribution < 1.29 is 18.0 Å². The molecule has 0 saturated carbocycles. The fourth-order valence-corrected chi connectivity index (χ4v) is 6.39. The lowest BCUT2D eigenvalue weighted by molar-refractivity contribution is -0.127. The van der Waals surface area contributed by atoms with E-state index < -0.39 is 16.1 Å². The van der Waals surface area contributed by atoms with Gasteiger partial charge in [0.2, 0.25) is 21.8 Å². The van der Waals surface area contributed by atoms with Crippen molar-refractivity contribution in [2.75, 3.05) is 39.3 Å². The van der Waals surface area contributed by atoms with E-state index in [1.165, 1.54) is 4.31 Å². The summed E-state index contributed by atoms with van der Waals surface area (Å²) in [4.78, 5) is 27.5. The highest BCUT2D eigenvalue weighted by Crippen LogP contribution is 2.26. The molecule has 1 aliphatic heterocycles. The SMILES string of the molecule is CC(C)C.CC(C)CN(C[C@@H](C)[C@@H](NC(=O)CNC(=O)CN1CCCC1)c1ccccc1)S(=O)(=O)c1ccccc1. The Hall–Kier alpha value is -2.75. The third-order valence-electron chi connectivity index (χ3n) is 6.50. The van der Waals surface area contributed by atoms with Crippen molar-refractivity contribution in [1.29, 1.82) is 0 Å². The van der Waals surface area contributed by atoms with Crippen molar-refractivity contribution in [3.63, 3.8) is 0 Å². The zero-order chi connectivity index (χ0) is 30.4. The second kappa shape index (κ2) is 17.3. The van der Waals surface area contributed by atoms with Gasteiger partial charge < -0.3 is 10.6 Å². The van der Waals surface area contributed by atoms with Crippen LogP contribution in [0.5, 0.6) is 0 Å². The molecule has 2 N–H and O–H groups in total. The standard InChI is InChI=1S/C28H40N4O4S.C4H10/c1-22(2)19-32(37(35,36)25-14-8-5-9-15-25)20-23(3)28(24-12-6-4-7-13-24)30-26(33)18-29-27(34)21-31-16-10-11-17-31;1-4(2)3/h4-9,12-15,22-23,28H,10-11,16-21H2,1-3H3,(H,29,34)(H,30,33);4H,1-3H3/t23-,28-;/m1./s1. The molecule has 8 nitrogen and oxygen atoms in total. The van der Waals surface area contributed by atoms with Gasteiger partial charge in [0.05, 0.1) is 24.0 Å². The highest BCUT2D eigenvalue weighted by molar-refractivity contribution is 7.89. The number of sulfonamides is 1. The van der Waals surface area contributed by atoms with Gasteiger partial charge in [-0.15, -0.1) is 0 Å². The molecule has 9 heteroatoms. The van der Waals surface area contributed by atoms with E-state index in [9.17, 15) is 18.0 Å². The van der Waals surface area contributed by atoms with Crippen molar-refractivity contribution in [2.45, 2.75) is 65.3 Å². The Bertz CT molecular complexity index is 1150. The van der Waals surface area contributed by atoms with Gasteiger partial charge in [0, 0.05) is 13.1 Å². The van der Waals surface area contributed by atoms with Crippen LogP contribution in [0.15, 0.2) is 65.6 Å². The number of benzene rings is 2. The lowest BCUT2D eigenvalue weighted by atomic mass is 9.94. The number of hydrogen-bond donors (Lipinski definition) is 2. The number of carbonyl (C=O) groups is 2. The van der Waals surface area contributed by atoms with Gasteiger partial charge in [0.15, 0.2) is 0 Å². The Kier molecular flexibility index (Phi) is 14.5. The van der Waals surface area contributed by atoms with Crippen molar-refractivity contribution in [3.05, 3.63) is 66.2 Å². The quantitative estimate of drug-likeness (QED) is 0.355. The number of nitrogens with zero attached hydrogens (tertiary/aromatic N) is 2. The summed E-state index contributed by atoms with van der Waals surface area (Å²) < 4.78 is 28.5. The minimum Gasteiger partial charge on any atom is -0.347 e. The summed E-state index contributed by atoms with van der Waals surface area (Å²) in [6.45, 7) is 15.0. The first-order valence-corrected chi connectivity index (χ1v) is 16.2. The topological polar surface area (TPSA) is 98.8 Å². The van der Waals surface area contributed by atoms with E-state index in [-0.39, 0.29) is 41.6 Å². The van der Waals surface area contributed by atoms with E-state index >= 15 is 0 Å². The molecule has 2 amide bonds. The van der Waals surface area contributed by atoms with Gasteiger partial charge in [-0.2, -0.15) is 4.31 Å². The molecule has 0 unspecified atom stereocenters. The Balaban J connectivity index is 0.00000138. The first-order chi connectivity index (χ1) is 19.4. The molecule has 41 heavy (non-hydrogen) atoms. The Morgan fingerprint density at radius 3 is 1.90 bits per heavy atom. The summed E-state index contributed by atoms with van der Waals surface area (Å²) in [7, 11) is -3.71. The van der Waals surface area contributed by atoms with Crippen LogP contribution >= 0.6 is 0 Å². The molecule has 1 saturated heterocycles. The molecule has 0 bridgehead atoms. The predicted molar refractivity (Wildman–Crippen MR) is 166 cm³/mol. The Morgan fingerprint density at radius 2 is 1.37 bits per heavy atom. The molecule has 0 spiro atoms. The molecule has 3 rings (SSSR count). The van der Waals surface area contributed by atoms with E-state index in [1.807, 2.05) is 51.1 Å². The summed E-state index contributed by atoms with van der Waals surface area (Å²) in [6.07, 6.45) is 2.19. The highest BCUT2D eigenvalue weighted by atomic mass is 32.2. The van der Waals surface area contributed by atoms with Gasteiger partial charge in [-0.3, -0.25) is 14.5 Å². The van der Waals surface area contributed by atoms with Crippen LogP contribution in [0.1, 0.15) is 66.0 Å². The van der Waals surface area contributed by atoms with Crippen LogP contribution in [0.3, 0.4) is 0 Å². The zero-order valence-electron chi connectivity index (χ0n) is 25.7. The first-order valence-electron chi connectivity index (χ1n) is 14.8. The smallest absolute Gasteiger partial charge is 0.243 e. The number of rotatable bonds is 13. The average Bonchev–Trinajstić information content (AvgIpc) is 3.43. The summed E-state index contributed by atoms with van der Waals surface area (Å²) in [5.41, 5.74) is 0.883. The van der Waals surface area contributed by atoms with E-state index in [0.717, 1.165) is 37.4 Å². The third kappa shape index (κ3) is 12.3. The minimum atomic E-state index is -3.71. The van der Waals surface area contributed by atoms with E-state index in [1.54, 1.807) is 30.3 Å². The summed E-state index contributed by atoms with van der Waals surface area (Å²) in [6, 6.07) is 17.5. The molecular formula is C32H50N4O4S. The number of hydrogen-bond acceptors (Lipinski definition) is 5. The van der Waals surface area contributed by atoms with Crippen molar-refractivity contribution in [3.8, 4) is 0 Å². The molecule has 0 aliphatic carbocycles. The molecular weight excluding hydrogens is 536 g/mol. The van der Waals surface area contributed by atoms with Gasteiger partial charge in [-0.05, 0) is 61.4 Å².